The number of hydrogen-bond donors (Lipinski definition) is 4. The van der Waals surface area contributed by atoms with E-state index in [9.17, 15) is 34.6 Å². The molecule has 0 radical (unpaired) electrons. The fourth-order valence-corrected chi connectivity index (χ4v) is 6.35. The molecule has 0 fully saturated rings. The van der Waals surface area contributed by atoms with Gasteiger partial charge >= 0.3 is 88.8 Å². The van der Waals surface area contributed by atoms with Gasteiger partial charge in [0.1, 0.15) is 11.1 Å². The second kappa shape index (κ2) is 13.7. The summed E-state index contributed by atoms with van der Waals surface area (Å²) < 4.78 is 9.78. The molecule has 3 aromatic carbocycles. The molecule has 0 spiro atoms. The van der Waals surface area contributed by atoms with Crippen LogP contribution in [0.2, 0.25) is 0 Å². The number of nitro benzene ring substituents is 2. The first-order valence-electron chi connectivity index (χ1n) is 9.75. The fraction of sp³-hybridized carbons (Fsp3) is 0. The van der Waals surface area contributed by atoms with Gasteiger partial charge < -0.3 is 10.2 Å². The molecule has 0 atom stereocenters. The normalized spacial score (nSPS) is 9.86. The van der Waals surface area contributed by atoms with Crippen molar-refractivity contribution < 1.29 is 67.6 Å². The summed E-state index contributed by atoms with van der Waals surface area (Å²) in [5.74, 6) is -3.83. The number of benzene rings is 3. The van der Waals surface area contributed by atoms with Crippen LogP contribution < -0.4 is 3.07 Å². The average Bonchev–Trinajstić information content (AvgIpc) is 2.87. The van der Waals surface area contributed by atoms with Crippen molar-refractivity contribution in [2.75, 3.05) is 0 Å². The number of rotatable bonds is 9. The number of nitrogens with zero attached hydrogens (tertiary/aromatic N) is 2. The number of carboxylic acid groups (broad SMARTS) is 3. The second-order valence-electron chi connectivity index (χ2n) is 6.81. The van der Waals surface area contributed by atoms with Crippen molar-refractivity contribution in [3.63, 3.8) is 0 Å². The summed E-state index contributed by atoms with van der Waals surface area (Å²) in [6.07, 6.45) is 0. The first-order valence-corrected chi connectivity index (χ1v) is 17.1. The fourth-order valence-electron chi connectivity index (χ4n) is 2.64. The third kappa shape index (κ3) is 8.52. The van der Waals surface area contributed by atoms with Crippen molar-refractivity contribution in [2.24, 2.45) is 0 Å². The van der Waals surface area contributed by atoms with Gasteiger partial charge in [-0.15, -0.1) is 0 Å². The van der Waals surface area contributed by atoms with Gasteiger partial charge in [0.2, 0.25) is 0 Å². The molecule has 188 valence electrons. The van der Waals surface area contributed by atoms with Gasteiger partial charge in [-0.25, -0.2) is 9.59 Å². The topological polar surface area (TPSA) is 218 Å². The summed E-state index contributed by atoms with van der Waals surface area (Å²) >= 11 is -1.79. The Balaban J connectivity index is 0.000000364. The molecule has 0 bridgehead atoms. The van der Waals surface area contributed by atoms with E-state index in [1.807, 2.05) is 0 Å². The molecule has 4 N–H and O–H groups in total. The molecule has 0 amide bonds. The molecule has 0 heterocycles. The second-order valence-corrected chi connectivity index (χ2v) is 13.5. The Morgan fingerprint density at radius 2 is 1.08 bits per heavy atom. The van der Waals surface area contributed by atoms with Gasteiger partial charge in [-0.05, 0) is 24.3 Å². The van der Waals surface area contributed by atoms with Crippen molar-refractivity contribution in [3.05, 3.63) is 97.6 Å². The third-order valence-corrected chi connectivity index (χ3v) is 10.0. The van der Waals surface area contributed by atoms with E-state index >= 15 is 0 Å². The zero-order chi connectivity index (χ0) is 27.7. The molecule has 3 rings (SSSR count). The Bertz CT molecular complexity index is 1290. The Labute approximate surface area is 227 Å². The molecular weight excluding hydrogens is 721 g/mol. The van der Waals surface area contributed by atoms with Crippen molar-refractivity contribution in [1.82, 2.24) is 0 Å². The van der Waals surface area contributed by atoms with Gasteiger partial charge in [-0.3, -0.25) is 20.2 Å². The van der Waals surface area contributed by atoms with Crippen molar-refractivity contribution in [1.29, 1.82) is 0 Å². The molecule has 0 aliphatic rings. The summed E-state index contributed by atoms with van der Waals surface area (Å²) in [7, 11) is 2.06. The van der Waals surface area contributed by atoms with Crippen LogP contribution in [0.5, 0.6) is 0 Å². The van der Waals surface area contributed by atoms with Crippen molar-refractivity contribution >= 4 is 53.9 Å². The summed E-state index contributed by atoms with van der Waals surface area (Å²) in [5, 5.41) is 48.3. The van der Waals surface area contributed by atoms with Crippen LogP contribution in [-0.4, -0.2) is 46.1 Å². The Morgan fingerprint density at radius 3 is 1.38 bits per heavy atom. The van der Waals surface area contributed by atoms with E-state index in [1.165, 1.54) is 24.3 Å². The third-order valence-electron chi connectivity index (χ3n) is 4.41. The Hall–Kier alpha value is -3.53. The van der Waals surface area contributed by atoms with E-state index in [1.54, 1.807) is 12.1 Å². The van der Waals surface area contributed by atoms with Gasteiger partial charge in [-0.1, -0.05) is 21.6 Å². The summed E-state index contributed by atoms with van der Waals surface area (Å²) in [5.41, 5.74) is -1.77. The van der Waals surface area contributed by atoms with E-state index in [4.69, 9.17) is 18.3 Å². The number of hydrogen-bond acceptors (Lipinski definition) is 10. The van der Waals surface area contributed by atoms with E-state index in [0.29, 0.717) is 9.79 Å². The maximum absolute atomic E-state index is 11.1. The zero-order valence-electron chi connectivity index (χ0n) is 18.3. The molecule has 0 unspecified atom stereocenters. The summed E-state index contributed by atoms with van der Waals surface area (Å²) in [6.45, 7) is 0. The van der Waals surface area contributed by atoms with Crippen LogP contribution in [0.25, 0.3) is 0 Å². The van der Waals surface area contributed by atoms with Gasteiger partial charge in [0, 0.05) is 21.9 Å². The summed E-state index contributed by atoms with van der Waals surface area (Å²) in [4.78, 5) is 53.4. The quantitative estimate of drug-likeness (QED) is 0.107. The van der Waals surface area contributed by atoms with Crippen LogP contribution >= 0.6 is 21.6 Å². The molecule has 0 saturated carbocycles. The average molecular weight is 735 g/mol. The molecule has 3 aromatic rings. The van der Waals surface area contributed by atoms with Crippen LogP contribution in [0.1, 0.15) is 31.1 Å². The van der Waals surface area contributed by atoms with Crippen LogP contribution in [0.3, 0.4) is 0 Å². The molecule has 0 saturated heterocycles. The van der Waals surface area contributed by atoms with Crippen molar-refractivity contribution in [3.8, 4) is 0 Å². The van der Waals surface area contributed by atoms with Crippen LogP contribution in [0, 0.1) is 20.2 Å². The Morgan fingerprint density at radius 1 is 0.676 bits per heavy atom. The predicted molar refractivity (Wildman–Crippen MR) is 127 cm³/mol. The first kappa shape index (κ1) is 29.7. The summed E-state index contributed by atoms with van der Waals surface area (Å²) in [6, 6.07) is 13.5. The molecule has 0 aliphatic carbocycles. The molecule has 13 nitrogen and oxygen atoms in total. The van der Waals surface area contributed by atoms with Gasteiger partial charge in [0.25, 0.3) is 11.4 Å². The first-order chi connectivity index (χ1) is 17.4. The SMILES string of the molecule is O=C(O)c1cc(SSc2ccc([N+](=O)[O-])c(C(=O)O)c2)ccc1[N+](=O)[O-].O=C(O)c1cc[c]([Hg][OH])cc1. The van der Waals surface area contributed by atoms with E-state index in [-0.39, 0.29) is 5.56 Å². The van der Waals surface area contributed by atoms with Gasteiger partial charge in [-0.2, -0.15) is 0 Å². The monoisotopic (exact) mass is 736 g/mol. The van der Waals surface area contributed by atoms with Gasteiger partial charge in [0.15, 0.2) is 0 Å². The van der Waals surface area contributed by atoms with Crippen LogP contribution in [-0.2, 0) is 25.0 Å². The molecular formula is C21H14HgN2O11S2. The van der Waals surface area contributed by atoms with E-state index in [0.717, 1.165) is 48.9 Å². The zero-order valence-corrected chi connectivity index (χ0v) is 25.5. The molecule has 0 aliphatic heterocycles. The van der Waals surface area contributed by atoms with E-state index in [2.05, 4.69) is 0 Å². The van der Waals surface area contributed by atoms with Gasteiger partial charge in [0.05, 0.1) is 9.85 Å². The Kier molecular flexibility index (Phi) is 11.0. The minimum absolute atomic E-state index is 0.274. The van der Waals surface area contributed by atoms with Crippen LogP contribution in [0.15, 0.2) is 70.5 Å². The molecule has 0 aromatic heterocycles. The number of nitro groups is 2. The van der Waals surface area contributed by atoms with E-state index < -0.39 is 75.3 Å². The number of aromatic carboxylic acids is 3. The minimum atomic E-state index is -1.79. The number of carboxylic acids is 3. The number of carbonyl (C=O) groups is 3. The molecule has 37 heavy (non-hydrogen) atoms. The predicted octanol–water partition coefficient (Wildman–Crippen LogP) is 3.70. The van der Waals surface area contributed by atoms with Crippen molar-refractivity contribution in [2.45, 2.75) is 9.79 Å². The van der Waals surface area contributed by atoms with Crippen LogP contribution in [0.4, 0.5) is 11.4 Å². The molecule has 16 heteroatoms. The maximum atomic E-state index is 11.1. The standard InChI is InChI=1S/C14H8N2O8S2.C7H5O2.Hg.H2O/c17-13(18)9-5-7(1-3-11(9)15(21)22)25-26-8-2-4-12(16(23)24)10(6-8)14(19)20;8-7(9)6-4-2-1-3-5-6;;/h1-6H,(H,17,18)(H,19,20);2-5H,(H,8,9);;1H2/q;;+1;/p-1.